The molecule has 120 valence electrons. The highest BCUT2D eigenvalue weighted by Crippen LogP contribution is 2.01. The second kappa shape index (κ2) is 10.9. The van der Waals surface area contributed by atoms with Gasteiger partial charge < -0.3 is 19.7 Å². The Morgan fingerprint density at radius 3 is 2.38 bits per heavy atom. The molecule has 0 aromatic heterocycles. The first-order valence-corrected chi connectivity index (χ1v) is 7.15. The third kappa shape index (κ3) is 10.6. The van der Waals surface area contributed by atoms with Crippen molar-refractivity contribution in [2.75, 3.05) is 26.7 Å². The first-order chi connectivity index (χ1) is 9.84. The Bertz CT molecular complexity index is 380. The number of unbranched alkanes of at least 4 members (excludes halogenated alkanes) is 2. The Hall–Kier alpha value is -1.85. The summed E-state index contributed by atoms with van der Waals surface area (Å²) < 4.78 is 4.87. The van der Waals surface area contributed by atoms with E-state index in [1.165, 1.54) is 0 Å². The quantitative estimate of drug-likeness (QED) is 0.380. The lowest BCUT2D eigenvalue weighted by atomic mass is 10.1. The minimum absolute atomic E-state index is 0.129. The molecular weight excluding hydrogens is 272 g/mol. The van der Waals surface area contributed by atoms with E-state index < -0.39 is 5.97 Å². The Morgan fingerprint density at radius 2 is 1.81 bits per heavy atom. The van der Waals surface area contributed by atoms with Gasteiger partial charge in [-0.25, -0.2) is 9.59 Å². The van der Waals surface area contributed by atoms with Crippen LogP contribution in [0.15, 0.2) is 12.2 Å². The van der Waals surface area contributed by atoms with Crippen LogP contribution in [-0.2, 0) is 14.3 Å². The van der Waals surface area contributed by atoms with Gasteiger partial charge in [0.1, 0.15) is 12.4 Å². The smallest absolute Gasteiger partial charge is 0.333 e. The van der Waals surface area contributed by atoms with E-state index in [0.717, 1.165) is 19.3 Å². The summed E-state index contributed by atoms with van der Waals surface area (Å²) in [6.07, 6.45) is 3.25. The number of amides is 2. The largest absolute Gasteiger partial charge is 0.460 e. The predicted molar refractivity (Wildman–Crippen MR) is 81.0 cm³/mol. The Balaban J connectivity index is 3.64. The van der Waals surface area contributed by atoms with Crippen molar-refractivity contribution in [3.63, 3.8) is 0 Å². The molecular formula is C15H26N2O4. The van der Waals surface area contributed by atoms with Crippen molar-refractivity contribution in [3.8, 4) is 0 Å². The van der Waals surface area contributed by atoms with Gasteiger partial charge in [0.05, 0.1) is 6.54 Å². The molecule has 6 nitrogen and oxygen atoms in total. The number of rotatable bonds is 10. The molecule has 0 bridgehead atoms. The third-order valence-electron chi connectivity index (χ3n) is 2.83. The minimum Gasteiger partial charge on any atom is -0.460 e. The molecule has 0 aromatic carbocycles. The highest BCUT2D eigenvalue weighted by molar-refractivity contribution is 5.86. The number of carbonyl (C=O) groups excluding carboxylic acids is 3. The molecule has 1 N–H and O–H groups in total. The van der Waals surface area contributed by atoms with E-state index >= 15 is 0 Å². The number of ketones is 1. The lowest BCUT2D eigenvalue weighted by Gasteiger charge is -2.17. The first-order valence-electron chi connectivity index (χ1n) is 7.15. The molecule has 0 aliphatic rings. The van der Waals surface area contributed by atoms with E-state index in [0.29, 0.717) is 18.5 Å². The molecule has 21 heavy (non-hydrogen) atoms. The molecule has 2 amide bonds. The Kier molecular flexibility index (Phi) is 9.92. The Labute approximate surface area is 126 Å². The second-order valence-corrected chi connectivity index (χ2v) is 5.08. The average molecular weight is 298 g/mol. The van der Waals surface area contributed by atoms with E-state index in [1.54, 1.807) is 25.8 Å². The lowest BCUT2D eigenvalue weighted by Crippen LogP contribution is -2.39. The van der Waals surface area contributed by atoms with E-state index in [9.17, 15) is 14.4 Å². The molecule has 0 aromatic rings. The Morgan fingerprint density at radius 1 is 1.14 bits per heavy atom. The van der Waals surface area contributed by atoms with Gasteiger partial charge in [-0.15, -0.1) is 0 Å². The van der Waals surface area contributed by atoms with Gasteiger partial charge in [-0.3, -0.25) is 0 Å². The summed E-state index contributed by atoms with van der Waals surface area (Å²) in [4.78, 5) is 35.1. The monoisotopic (exact) mass is 298 g/mol. The number of esters is 1. The topological polar surface area (TPSA) is 75.7 Å². The molecule has 0 spiro atoms. The van der Waals surface area contributed by atoms with Gasteiger partial charge in [-0.2, -0.15) is 0 Å². The van der Waals surface area contributed by atoms with Gasteiger partial charge in [0, 0.05) is 25.6 Å². The maximum absolute atomic E-state index is 11.7. The highest BCUT2D eigenvalue weighted by Gasteiger charge is 2.08. The van der Waals surface area contributed by atoms with Gasteiger partial charge in [-0.1, -0.05) is 13.0 Å². The standard InChI is InChI=1S/C15H26N2O4/c1-12(2)14(19)21-11-9-16-15(20)17(4)10-7-5-6-8-13(3)18/h1,5-11H2,2-4H3,(H,16,20). The van der Waals surface area contributed by atoms with Crippen LogP contribution >= 0.6 is 0 Å². The van der Waals surface area contributed by atoms with Crippen LogP contribution in [0.2, 0.25) is 0 Å². The molecule has 0 fully saturated rings. The van der Waals surface area contributed by atoms with E-state index in [4.69, 9.17) is 4.74 Å². The van der Waals surface area contributed by atoms with Crippen LogP contribution < -0.4 is 5.32 Å². The summed E-state index contributed by atoms with van der Waals surface area (Å²) in [7, 11) is 1.71. The molecule has 0 aliphatic heterocycles. The van der Waals surface area contributed by atoms with Crippen molar-refractivity contribution in [2.24, 2.45) is 0 Å². The van der Waals surface area contributed by atoms with Crippen LogP contribution in [0.4, 0.5) is 4.79 Å². The van der Waals surface area contributed by atoms with Crippen LogP contribution in [0.1, 0.15) is 39.5 Å². The maximum atomic E-state index is 11.7. The van der Waals surface area contributed by atoms with Gasteiger partial charge in [-0.05, 0) is 26.7 Å². The van der Waals surface area contributed by atoms with Crippen LogP contribution in [0.5, 0.6) is 0 Å². The number of urea groups is 1. The maximum Gasteiger partial charge on any atom is 0.333 e. The zero-order chi connectivity index (χ0) is 16.3. The van der Waals surface area contributed by atoms with Crippen molar-refractivity contribution < 1.29 is 19.1 Å². The van der Waals surface area contributed by atoms with Crippen LogP contribution in [0.3, 0.4) is 0 Å². The van der Waals surface area contributed by atoms with Gasteiger partial charge >= 0.3 is 12.0 Å². The third-order valence-corrected chi connectivity index (χ3v) is 2.83. The number of nitrogens with one attached hydrogen (secondary N) is 1. The van der Waals surface area contributed by atoms with Crippen LogP contribution in [0.25, 0.3) is 0 Å². The fourth-order valence-corrected chi connectivity index (χ4v) is 1.56. The number of Topliss-reactive ketones (excluding diaryl/α,β-unsaturated/α-hetero) is 1. The zero-order valence-corrected chi connectivity index (χ0v) is 13.2. The number of nitrogens with zero attached hydrogens (tertiary/aromatic N) is 1. The first kappa shape index (κ1) is 19.1. The number of hydrogen-bond acceptors (Lipinski definition) is 4. The molecule has 0 saturated carbocycles. The number of carbonyl (C=O) groups is 3. The minimum atomic E-state index is -0.455. The van der Waals surface area contributed by atoms with Crippen LogP contribution in [-0.4, -0.2) is 49.4 Å². The molecule has 0 atom stereocenters. The fourth-order valence-electron chi connectivity index (χ4n) is 1.56. The zero-order valence-electron chi connectivity index (χ0n) is 13.2. The van der Waals surface area contributed by atoms with Crippen molar-refractivity contribution in [3.05, 3.63) is 12.2 Å². The molecule has 0 aliphatic carbocycles. The normalized spacial score (nSPS) is 9.86. The fraction of sp³-hybridized carbons (Fsp3) is 0.667. The number of ether oxygens (including phenoxy) is 1. The number of hydrogen-bond donors (Lipinski definition) is 1. The summed E-state index contributed by atoms with van der Waals surface area (Å²) in [5.41, 5.74) is 0.337. The van der Waals surface area contributed by atoms with E-state index in [1.807, 2.05) is 0 Å². The second-order valence-electron chi connectivity index (χ2n) is 5.08. The lowest BCUT2D eigenvalue weighted by molar-refractivity contribution is -0.138. The molecule has 0 heterocycles. The van der Waals surface area contributed by atoms with Gasteiger partial charge in [0.2, 0.25) is 0 Å². The molecule has 0 radical (unpaired) electrons. The SMILES string of the molecule is C=C(C)C(=O)OCCNC(=O)N(C)CCCCCC(C)=O. The molecule has 0 saturated heterocycles. The van der Waals surface area contributed by atoms with E-state index in [2.05, 4.69) is 11.9 Å². The summed E-state index contributed by atoms with van der Waals surface area (Å²) >= 11 is 0. The molecule has 6 heteroatoms. The van der Waals surface area contributed by atoms with Crippen molar-refractivity contribution >= 4 is 17.8 Å². The predicted octanol–water partition coefficient (Wildman–Crippen LogP) is 1.90. The molecule has 0 rings (SSSR count). The summed E-state index contributed by atoms with van der Waals surface area (Å²) in [5.74, 6) is -0.256. The average Bonchev–Trinajstić information content (AvgIpc) is 2.41. The van der Waals surface area contributed by atoms with Crippen molar-refractivity contribution in [2.45, 2.75) is 39.5 Å². The molecule has 0 unspecified atom stereocenters. The summed E-state index contributed by atoms with van der Waals surface area (Å²) in [6.45, 7) is 7.65. The van der Waals surface area contributed by atoms with Gasteiger partial charge in [0.25, 0.3) is 0 Å². The highest BCUT2D eigenvalue weighted by atomic mass is 16.5. The van der Waals surface area contributed by atoms with Crippen molar-refractivity contribution in [1.29, 1.82) is 0 Å². The van der Waals surface area contributed by atoms with Crippen molar-refractivity contribution in [1.82, 2.24) is 10.2 Å². The summed E-state index contributed by atoms with van der Waals surface area (Å²) in [5, 5.41) is 2.66. The summed E-state index contributed by atoms with van der Waals surface area (Å²) in [6, 6.07) is -0.201. The van der Waals surface area contributed by atoms with Crippen LogP contribution in [0, 0.1) is 0 Å². The van der Waals surface area contributed by atoms with Gasteiger partial charge in [0.15, 0.2) is 0 Å². The van der Waals surface area contributed by atoms with E-state index in [-0.39, 0.29) is 25.0 Å².